The molecule has 1 aliphatic rings. The number of rotatable bonds is 74. The third kappa shape index (κ3) is 58.3. The van der Waals surface area contributed by atoms with Crippen LogP contribution in [-0.2, 0) is 14.3 Å². The molecule has 0 saturated carbocycles. The van der Waals surface area contributed by atoms with E-state index >= 15 is 0 Å². The number of unbranched alkanes of at least 4 members (excludes halogenated alkanes) is 64. The fourth-order valence-corrected chi connectivity index (χ4v) is 13.8. The molecule has 0 bridgehead atoms. The Morgan fingerprint density at radius 1 is 0.367 bits per heavy atom. The van der Waals surface area contributed by atoms with E-state index in [4.69, 9.17) is 9.47 Å². The van der Waals surface area contributed by atoms with Crippen molar-refractivity contribution in [3.05, 3.63) is 12.2 Å². The summed E-state index contributed by atoms with van der Waals surface area (Å²) in [5.41, 5.74) is 0. The molecule has 1 amide bonds. The first-order valence-corrected chi connectivity index (χ1v) is 40.9. The number of carbonyl (C=O) groups is 1. The number of carbonyl (C=O) groups excluding carboxylic acids is 1. The van der Waals surface area contributed by atoms with Crippen LogP contribution in [0.5, 0.6) is 0 Å². The largest absolute Gasteiger partial charge is 0.394 e. The lowest BCUT2D eigenvalue weighted by Gasteiger charge is -2.40. The Balaban J connectivity index is 2.04. The Labute approximate surface area is 560 Å². The number of aliphatic hydroxyl groups is 5. The highest BCUT2D eigenvalue weighted by atomic mass is 16.7. The van der Waals surface area contributed by atoms with Gasteiger partial charge in [-0.25, -0.2) is 0 Å². The second-order valence-corrected chi connectivity index (χ2v) is 28.9. The number of nitrogens with one attached hydrogen (secondary N) is 1. The minimum absolute atomic E-state index is 0.165. The summed E-state index contributed by atoms with van der Waals surface area (Å²) in [6.45, 7) is 3.86. The Hall–Kier alpha value is -1.07. The summed E-state index contributed by atoms with van der Waals surface area (Å²) < 4.78 is 11.4. The molecule has 0 aromatic rings. The fourth-order valence-electron chi connectivity index (χ4n) is 13.8. The lowest BCUT2D eigenvalue weighted by molar-refractivity contribution is -0.302. The van der Waals surface area contributed by atoms with Crippen LogP contribution in [0.2, 0.25) is 0 Å². The number of allylic oxidation sites excluding steroid dienone is 1. The van der Waals surface area contributed by atoms with E-state index in [1.807, 2.05) is 6.08 Å². The van der Waals surface area contributed by atoms with E-state index in [-0.39, 0.29) is 12.5 Å². The summed E-state index contributed by atoms with van der Waals surface area (Å²) in [5, 5.41) is 54.9. The summed E-state index contributed by atoms with van der Waals surface area (Å²) in [4.78, 5) is 13.2. The molecule has 7 unspecified atom stereocenters. The van der Waals surface area contributed by atoms with E-state index < -0.39 is 49.5 Å². The number of hydrogen-bond donors (Lipinski definition) is 6. The Morgan fingerprint density at radius 2 is 0.611 bits per heavy atom. The predicted molar refractivity (Wildman–Crippen MR) is 387 cm³/mol. The quantitative estimate of drug-likeness (QED) is 0.0261. The second kappa shape index (κ2) is 70.7. The van der Waals surface area contributed by atoms with Crippen molar-refractivity contribution in [3.8, 4) is 0 Å². The van der Waals surface area contributed by atoms with Gasteiger partial charge in [-0.15, -0.1) is 0 Å². The monoisotopic (exact) mass is 1270 g/mol. The molecule has 0 radical (unpaired) electrons. The summed E-state index contributed by atoms with van der Waals surface area (Å²) in [6.07, 6.45) is 86.6. The highest BCUT2D eigenvalue weighted by molar-refractivity contribution is 5.76. The van der Waals surface area contributed by atoms with E-state index in [9.17, 15) is 30.3 Å². The first kappa shape index (κ1) is 86.9. The molecule has 1 aliphatic heterocycles. The Morgan fingerprint density at radius 3 is 0.867 bits per heavy atom. The van der Waals surface area contributed by atoms with Crippen LogP contribution in [0.4, 0.5) is 0 Å². The van der Waals surface area contributed by atoms with E-state index in [1.54, 1.807) is 6.08 Å². The van der Waals surface area contributed by atoms with E-state index in [0.717, 1.165) is 38.5 Å². The van der Waals surface area contributed by atoms with Gasteiger partial charge in [-0.2, -0.15) is 0 Å². The molecule has 0 spiro atoms. The molecule has 0 aliphatic carbocycles. The average Bonchev–Trinajstić information content (AvgIpc) is 1.33. The molecule has 1 fully saturated rings. The van der Waals surface area contributed by atoms with Crippen LogP contribution in [0, 0.1) is 0 Å². The fraction of sp³-hybridized carbons (Fsp3) is 0.963. The van der Waals surface area contributed by atoms with Crippen molar-refractivity contribution >= 4 is 5.91 Å². The minimum Gasteiger partial charge on any atom is -0.394 e. The number of hydrogen-bond acceptors (Lipinski definition) is 8. The maximum Gasteiger partial charge on any atom is 0.220 e. The summed E-state index contributed by atoms with van der Waals surface area (Å²) in [6, 6.07) is -0.803. The first-order valence-electron chi connectivity index (χ1n) is 40.9. The SMILES string of the molecule is CCCCCCCCCCCCCCCCCCCCCCCCCCCCCCC/C=C/C(O)C(COC1OC(CO)C(O)C(O)C1O)NC(=O)CCCCCCCCCCCCCCCCCCCCCCCCCCCCCCCCCCCCCC. The third-order valence-corrected chi connectivity index (χ3v) is 20.1. The van der Waals surface area contributed by atoms with Crippen molar-refractivity contribution in [1.29, 1.82) is 0 Å². The Bertz CT molecular complexity index is 1430. The molecule has 1 heterocycles. The van der Waals surface area contributed by atoms with Crippen molar-refractivity contribution in [1.82, 2.24) is 5.32 Å². The van der Waals surface area contributed by atoms with Gasteiger partial charge in [-0.3, -0.25) is 4.79 Å². The van der Waals surface area contributed by atoms with Crippen molar-refractivity contribution in [3.63, 3.8) is 0 Å². The van der Waals surface area contributed by atoms with Gasteiger partial charge in [-0.05, 0) is 19.3 Å². The molecule has 0 aromatic carbocycles. The van der Waals surface area contributed by atoms with Gasteiger partial charge in [0.2, 0.25) is 5.91 Å². The lowest BCUT2D eigenvalue weighted by Crippen LogP contribution is -2.60. The van der Waals surface area contributed by atoms with Crippen LogP contribution in [-0.4, -0.2) is 87.5 Å². The highest BCUT2D eigenvalue weighted by Crippen LogP contribution is 2.24. The minimum atomic E-state index is -1.57. The zero-order chi connectivity index (χ0) is 64.9. The first-order chi connectivity index (χ1) is 44.3. The van der Waals surface area contributed by atoms with Crippen LogP contribution in [0.15, 0.2) is 12.2 Å². The van der Waals surface area contributed by atoms with Crippen LogP contribution in [0.1, 0.15) is 444 Å². The molecule has 536 valence electrons. The molecular formula is C81H159NO8. The molecule has 9 nitrogen and oxygen atoms in total. The standard InChI is InChI=1S/C81H159NO8/c1-3-5-7-9-11-13-15-17-19-21-23-25-27-29-31-33-35-36-37-38-39-41-43-45-47-49-51-53-55-57-59-61-63-65-67-69-71-77(85)82-74(73-89-81-80(88)79(87)78(86)76(72-83)90-81)75(84)70-68-66-64-62-60-58-56-54-52-50-48-46-44-42-40-34-32-30-28-26-24-22-20-18-16-14-12-10-8-6-4-2/h68,70,74-76,78-81,83-84,86-88H,3-67,69,71-73H2,1-2H3,(H,82,85)/b70-68+. The van der Waals surface area contributed by atoms with Crippen LogP contribution >= 0.6 is 0 Å². The number of aliphatic hydroxyl groups excluding tert-OH is 5. The number of amides is 1. The predicted octanol–water partition coefficient (Wildman–Crippen LogP) is 23.4. The summed E-state index contributed by atoms with van der Waals surface area (Å²) in [7, 11) is 0. The third-order valence-electron chi connectivity index (χ3n) is 20.1. The van der Waals surface area contributed by atoms with Crippen LogP contribution in [0.3, 0.4) is 0 Å². The number of ether oxygens (including phenoxy) is 2. The molecule has 1 saturated heterocycles. The molecule has 7 atom stereocenters. The average molecular weight is 1280 g/mol. The summed E-state index contributed by atoms with van der Waals surface area (Å²) >= 11 is 0. The van der Waals surface area contributed by atoms with Crippen molar-refractivity contribution in [2.24, 2.45) is 0 Å². The molecule has 9 heteroatoms. The van der Waals surface area contributed by atoms with Crippen molar-refractivity contribution in [2.45, 2.75) is 487 Å². The van der Waals surface area contributed by atoms with Gasteiger partial charge in [0, 0.05) is 6.42 Å². The maximum absolute atomic E-state index is 13.2. The van der Waals surface area contributed by atoms with Gasteiger partial charge in [-0.1, -0.05) is 431 Å². The van der Waals surface area contributed by atoms with Gasteiger partial charge >= 0.3 is 0 Å². The van der Waals surface area contributed by atoms with Crippen molar-refractivity contribution in [2.75, 3.05) is 13.2 Å². The normalized spacial score (nSPS) is 17.7. The zero-order valence-corrected chi connectivity index (χ0v) is 60.4. The molecular weight excluding hydrogens is 1110 g/mol. The zero-order valence-electron chi connectivity index (χ0n) is 60.4. The molecule has 0 aromatic heterocycles. The van der Waals surface area contributed by atoms with Crippen LogP contribution < -0.4 is 5.32 Å². The second-order valence-electron chi connectivity index (χ2n) is 28.9. The molecule has 1 rings (SSSR count). The summed E-state index contributed by atoms with van der Waals surface area (Å²) in [5.74, 6) is -0.165. The molecule has 90 heavy (non-hydrogen) atoms. The van der Waals surface area contributed by atoms with Gasteiger partial charge in [0.1, 0.15) is 24.4 Å². The van der Waals surface area contributed by atoms with Gasteiger partial charge in [0.15, 0.2) is 6.29 Å². The highest BCUT2D eigenvalue weighted by Gasteiger charge is 2.44. The van der Waals surface area contributed by atoms with E-state index in [0.29, 0.717) is 6.42 Å². The van der Waals surface area contributed by atoms with E-state index in [2.05, 4.69) is 19.2 Å². The topological polar surface area (TPSA) is 149 Å². The lowest BCUT2D eigenvalue weighted by atomic mass is 9.99. The molecule has 6 N–H and O–H groups in total. The van der Waals surface area contributed by atoms with Gasteiger partial charge < -0.3 is 40.3 Å². The van der Waals surface area contributed by atoms with Crippen molar-refractivity contribution < 1.29 is 39.8 Å². The van der Waals surface area contributed by atoms with Gasteiger partial charge in [0.25, 0.3) is 0 Å². The van der Waals surface area contributed by atoms with E-state index in [1.165, 1.54) is 385 Å². The smallest absolute Gasteiger partial charge is 0.220 e. The maximum atomic E-state index is 13.2. The Kier molecular flexibility index (Phi) is 68.3. The van der Waals surface area contributed by atoms with Crippen LogP contribution in [0.25, 0.3) is 0 Å². The van der Waals surface area contributed by atoms with Gasteiger partial charge in [0.05, 0.1) is 25.4 Å².